The van der Waals surface area contributed by atoms with Crippen LogP contribution in [0.15, 0.2) is 70.7 Å². The minimum Gasteiger partial charge on any atom is -0.507 e. The first kappa shape index (κ1) is 17.0. The van der Waals surface area contributed by atoms with Gasteiger partial charge in [0.2, 0.25) is 5.91 Å². The van der Waals surface area contributed by atoms with Gasteiger partial charge in [-0.15, -0.1) is 11.8 Å². The molecule has 0 aliphatic rings. The number of nitrogens with zero attached hydrogens (tertiary/aromatic N) is 1. The van der Waals surface area contributed by atoms with E-state index in [1.54, 1.807) is 6.07 Å². The number of aryl methyl sites for hydroxylation is 1. The van der Waals surface area contributed by atoms with E-state index in [4.69, 9.17) is 0 Å². The van der Waals surface area contributed by atoms with E-state index in [1.807, 2.05) is 61.5 Å². The largest absolute Gasteiger partial charge is 0.507 e. The molecule has 3 aromatic rings. The molecule has 0 bridgehead atoms. The molecule has 1 amide bonds. The summed E-state index contributed by atoms with van der Waals surface area (Å²) >= 11 is 1.47. The third-order valence-corrected chi connectivity index (χ3v) is 4.96. The molecule has 0 saturated carbocycles. The van der Waals surface area contributed by atoms with Crippen molar-refractivity contribution in [3.8, 4) is 5.75 Å². The van der Waals surface area contributed by atoms with Gasteiger partial charge in [0.15, 0.2) is 0 Å². The van der Waals surface area contributed by atoms with Crippen molar-refractivity contribution in [2.24, 2.45) is 5.10 Å². The fourth-order valence-electron chi connectivity index (χ4n) is 2.48. The van der Waals surface area contributed by atoms with Gasteiger partial charge < -0.3 is 5.11 Å². The number of phenolic OH excluding ortho intramolecular Hbond substituents is 1. The quantitative estimate of drug-likeness (QED) is 0.414. The van der Waals surface area contributed by atoms with Crippen LogP contribution in [-0.4, -0.2) is 23.0 Å². The molecule has 2 N–H and O–H groups in total. The first-order valence-electron chi connectivity index (χ1n) is 7.86. The number of aromatic hydroxyl groups is 1. The molecular formula is C20H18N2O2S. The lowest BCUT2D eigenvalue weighted by molar-refractivity contribution is -0.118. The van der Waals surface area contributed by atoms with Gasteiger partial charge in [-0.05, 0) is 35.4 Å². The third kappa shape index (κ3) is 4.19. The van der Waals surface area contributed by atoms with Gasteiger partial charge in [0.25, 0.3) is 0 Å². The third-order valence-electron chi connectivity index (χ3n) is 3.78. The molecule has 0 aliphatic carbocycles. The van der Waals surface area contributed by atoms with Crippen LogP contribution in [0.4, 0.5) is 0 Å². The molecule has 5 heteroatoms. The second-order valence-corrected chi connectivity index (χ2v) is 6.58. The van der Waals surface area contributed by atoms with Crippen molar-refractivity contribution in [1.82, 2.24) is 5.43 Å². The number of nitrogens with one attached hydrogen (secondary N) is 1. The highest BCUT2D eigenvalue weighted by Crippen LogP contribution is 2.25. The number of rotatable bonds is 5. The van der Waals surface area contributed by atoms with Gasteiger partial charge in [-0.25, -0.2) is 5.43 Å². The molecule has 0 heterocycles. The monoisotopic (exact) mass is 350 g/mol. The Morgan fingerprint density at radius 1 is 1.12 bits per heavy atom. The topological polar surface area (TPSA) is 61.7 Å². The lowest BCUT2D eigenvalue weighted by atomic mass is 10.0. The van der Waals surface area contributed by atoms with Crippen molar-refractivity contribution in [3.63, 3.8) is 0 Å². The maximum absolute atomic E-state index is 12.0. The van der Waals surface area contributed by atoms with Crippen molar-refractivity contribution in [2.75, 3.05) is 5.75 Å². The number of benzene rings is 3. The first-order chi connectivity index (χ1) is 12.1. The Balaban J connectivity index is 1.64. The molecule has 3 aromatic carbocycles. The minimum atomic E-state index is -0.191. The Labute approximate surface area is 150 Å². The van der Waals surface area contributed by atoms with Crippen LogP contribution in [0.2, 0.25) is 0 Å². The number of amides is 1. The molecule has 0 spiro atoms. The molecule has 0 aliphatic heterocycles. The highest BCUT2D eigenvalue weighted by Gasteiger charge is 2.06. The zero-order chi connectivity index (χ0) is 17.6. The lowest BCUT2D eigenvalue weighted by Gasteiger charge is -2.05. The van der Waals surface area contributed by atoms with Crippen molar-refractivity contribution < 1.29 is 9.90 Å². The second kappa shape index (κ2) is 7.85. The zero-order valence-corrected chi connectivity index (χ0v) is 14.6. The molecule has 3 rings (SSSR count). The fourth-order valence-corrected chi connectivity index (χ4v) is 3.30. The number of hydrazone groups is 1. The SMILES string of the molecule is Cc1ccccc1SCC(=O)N/N=C/c1c(O)ccc2ccccc12. The average Bonchev–Trinajstić information content (AvgIpc) is 2.63. The molecule has 126 valence electrons. The summed E-state index contributed by atoms with van der Waals surface area (Å²) in [6.45, 7) is 2.02. The number of carbonyl (C=O) groups is 1. The Hall–Kier alpha value is -2.79. The summed E-state index contributed by atoms with van der Waals surface area (Å²) in [4.78, 5) is 13.0. The number of phenols is 1. The number of hydrogen-bond acceptors (Lipinski definition) is 4. The summed E-state index contributed by atoms with van der Waals surface area (Å²) in [6, 6.07) is 19.1. The van der Waals surface area contributed by atoms with E-state index in [0.29, 0.717) is 5.56 Å². The molecule has 0 atom stereocenters. The number of hydrogen-bond donors (Lipinski definition) is 2. The van der Waals surface area contributed by atoms with E-state index >= 15 is 0 Å². The standard InChI is InChI=1S/C20H18N2O2S/c1-14-6-2-5-9-19(14)25-13-20(24)22-21-12-17-16-8-4-3-7-15(16)10-11-18(17)23/h2-12,23H,13H2,1H3,(H,22,24)/b21-12+. The maximum atomic E-state index is 12.0. The average molecular weight is 350 g/mol. The van der Waals surface area contributed by atoms with Gasteiger partial charge in [0.05, 0.1) is 12.0 Å². The van der Waals surface area contributed by atoms with Crippen LogP contribution in [0.5, 0.6) is 5.75 Å². The van der Waals surface area contributed by atoms with E-state index in [1.165, 1.54) is 18.0 Å². The van der Waals surface area contributed by atoms with E-state index in [0.717, 1.165) is 21.2 Å². The molecule has 0 saturated heterocycles. The van der Waals surface area contributed by atoms with Crippen LogP contribution in [0, 0.1) is 6.92 Å². The minimum absolute atomic E-state index is 0.131. The summed E-state index contributed by atoms with van der Waals surface area (Å²) in [6.07, 6.45) is 1.48. The van der Waals surface area contributed by atoms with Crippen LogP contribution in [-0.2, 0) is 4.79 Å². The van der Waals surface area contributed by atoms with Crippen LogP contribution in [0.25, 0.3) is 10.8 Å². The molecule has 25 heavy (non-hydrogen) atoms. The fraction of sp³-hybridized carbons (Fsp3) is 0.100. The number of thioether (sulfide) groups is 1. The highest BCUT2D eigenvalue weighted by molar-refractivity contribution is 8.00. The Kier molecular flexibility index (Phi) is 5.36. The Bertz CT molecular complexity index is 938. The van der Waals surface area contributed by atoms with Crippen LogP contribution < -0.4 is 5.43 Å². The summed E-state index contributed by atoms with van der Waals surface area (Å²) in [7, 11) is 0. The molecule has 0 aromatic heterocycles. The van der Waals surface area contributed by atoms with Crippen LogP contribution >= 0.6 is 11.8 Å². The summed E-state index contributed by atoms with van der Waals surface area (Å²) in [5, 5.41) is 15.9. The molecular weight excluding hydrogens is 332 g/mol. The predicted octanol–water partition coefficient (Wildman–Crippen LogP) is 4.10. The van der Waals surface area contributed by atoms with Crippen LogP contribution in [0.3, 0.4) is 0 Å². The van der Waals surface area contributed by atoms with Gasteiger partial charge in [0, 0.05) is 10.5 Å². The second-order valence-electron chi connectivity index (χ2n) is 5.57. The predicted molar refractivity (Wildman–Crippen MR) is 103 cm³/mol. The molecule has 0 unspecified atom stereocenters. The normalized spacial score (nSPS) is 11.1. The number of fused-ring (bicyclic) bond motifs is 1. The first-order valence-corrected chi connectivity index (χ1v) is 8.85. The van der Waals surface area contributed by atoms with Crippen molar-refractivity contribution >= 4 is 34.7 Å². The Morgan fingerprint density at radius 3 is 2.72 bits per heavy atom. The van der Waals surface area contributed by atoms with Gasteiger partial charge in [0.1, 0.15) is 5.75 Å². The lowest BCUT2D eigenvalue weighted by Crippen LogP contribution is -2.19. The zero-order valence-electron chi connectivity index (χ0n) is 13.8. The molecule has 0 radical (unpaired) electrons. The summed E-state index contributed by atoms with van der Waals surface area (Å²) < 4.78 is 0. The smallest absolute Gasteiger partial charge is 0.250 e. The van der Waals surface area contributed by atoms with Gasteiger partial charge in [-0.1, -0.05) is 48.5 Å². The highest BCUT2D eigenvalue weighted by atomic mass is 32.2. The van der Waals surface area contributed by atoms with E-state index < -0.39 is 0 Å². The molecule has 0 fully saturated rings. The van der Waals surface area contributed by atoms with Crippen molar-refractivity contribution in [1.29, 1.82) is 0 Å². The Morgan fingerprint density at radius 2 is 1.88 bits per heavy atom. The number of carbonyl (C=O) groups excluding carboxylic acids is 1. The van der Waals surface area contributed by atoms with Gasteiger partial charge in [-0.3, -0.25) is 4.79 Å². The van der Waals surface area contributed by atoms with Gasteiger partial charge in [-0.2, -0.15) is 5.10 Å². The van der Waals surface area contributed by atoms with E-state index in [-0.39, 0.29) is 17.4 Å². The van der Waals surface area contributed by atoms with Crippen LogP contribution in [0.1, 0.15) is 11.1 Å². The van der Waals surface area contributed by atoms with E-state index in [9.17, 15) is 9.90 Å². The maximum Gasteiger partial charge on any atom is 0.250 e. The van der Waals surface area contributed by atoms with Gasteiger partial charge >= 0.3 is 0 Å². The van der Waals surface area contributed by atoms with Crippen molar-refractivity contribution in [2.45, 2.75) is 11.8 Å². The van der Waals surface area contributed by atoms with E-state index in [2.05, 4.69) is 10.5 Å². The molecule has 4 nitrogen and oxygen atoms in total. The summed E-state index contributed by atoms with van der Waals surface area (Å²) in [5.41, 5.74) is 4.24. The van der Waals surface area contributed by atoms with Crippen molar-refractivity contribution in [3.05, 3.63) is 71.8 Å². The summed E-state index contributed by atoms with van der Waals surface area (Å²) in [5.74, 6) is 0.221.